The van der Waals surface area contributed by atoms with Crippen LogP contribution < -0.4 is 10.1 Å². The van der Waals surface area contributed by atoms with Gasteiger partial charge in [-0.2, -0.15) is 13.2 Å². The SMILES string of the molecule is COc1ccc2c(c1)C(NC(=O)c1ccc(C(=O)O)cc1C(F)(F)F)CC2. The Kier molecular flexibility index (Phi) is 4.82. The monoisotopic (exact) mass is 379 g/mol. The molecule has 0 saturated heterocycles. The van der Waals surface area contributed by atoms with Crippen LogP contribution in [0.15, 0.2) is 36.4 Å². The van der Waals surface area contributed by atoms with E-state index < -0.39 is 40.8 Å². The molecule has 8 heteroatoms. The van der Waals surface area contributed by atoms with E-state index in [0.29, 0.717) is 24.7 Å². The van der Waals surface area contributed by atoms with Crippen molar-refractivity contribution in [1.82, 2.24) is 5.32 Å². The highest BCUT2D eigenvalue weighted by molar-refractivity contribution is 5.98. The average molecular weight is 379 g/mol. The van der Waals surface area contributed by atoms with Crippen molar-refractivity contribution in [1.29, 1.82) is 0 Å². The first-order chi connectivity index (χ1) is 12.7. The van der Waals surface area contributed by atoms with Crippen LogP contribution in [0.5, 0.6) is 5.75 Å². The van der Waals surface area contributed by atoms with Gasteiger partial charge in [-0.25, -0.2) is 4.79 Å². The molecule has 0 fully saturated rings. The lowest BCUT2D eigenvalue weighted by molar-refractivity contribution is -0.138. The first-order valence-corrected chi connectivity index (χ1v) is 8.13. The quantitative estimate of drug-likeness (QED) is 0.847. The van der Waals surface area contributed by atoms with E-state index in [1.807, 2.05) is 6.07 Å². The number of rotatable bonds is 4. The molecule has 0 radical (unpaired) electrons. The number of carboxylic acid groups (broad SMARTS) is 1. The van der Waals surface area contributed by atoms with Crippen molar-refractivity contribution >= 4 is 11.9 Å². The summed E-state index contributed by atoms with van der Waals surface area (Å²) >= 11 is 0. The molecular weight excluding hydrogens is 363 g/mol. The highest BCUT2D eigenvalue weighted by Gasteiger charge is 2.37. The fourth-order valence-corrected chi connectivity index (χ4v) is 3.20. The van der Waals surface area contributed by atoms with Gasteiger partial charge in [-0.3, -0.25) is 4.79 Å². The zero-order valence-corrected chi connectivity index (χ0v) is 14.3. The number of amides is 1. The van der Waals surface area contributed by atoms with Gasteiger partial charge in [-0.05, 0) is 54.3 Å². The molecule has 27 heavy (non-hydrogen) atoms. The number of alkyl halides is 3. The van der Waals surface area contributed by atoms with Crippen LogP contribution in [0.3, 0.4) is 0 Å². The summed E-state index contributed by atoms with van der Waals surface area (Å²) in [5.74, 6) is -1.80. The number of aromatic carboxylic acids is 1. The Morgan fingerprint density at radius 2 is 1.93 bits per heavy atom. The van der Waals surface area contributed by atoms with Gasteiger partial charge in [0.25, 0.3) is 5.91 Å². The molecule has 1 aliphatic carbocycles. The number of aryl methyl sites for hydroxylation is 1. The molecule has 0 saturated carbocycles. The Labute approximate surface area is 152 Å². The zero-order chi connectivity index (χ0) is 19.8. The molecule has 2 aromatic rings. The Morgan fingerprint density at radius 1 is 1.19 bits per heavy atom. The van der Waals surface area contributed by atoms with Crippen molar-refractivity contribution in [2.24, 2.45) is 0 Å². The van der Waals surface area contributed by atoms with E-state index in [4.69, 9.17) is 9.84 Å². The summed E-state index contributed by atoms with van der Waals surface area (Å²) in [4.78, 5) is 23.5. The minimum Gasteiger partial charge on any atom is -0.497 e. The van der Waals surface area contributed by atoms with E-state index in [9.17, 15) is 22.8 Å². The predicted octanol–water partition coefficient (Wildman–Crippen LogP) is 3.83. The van der Waals surface area contributed by atoms with E-state index in [0.717, 1.165) is 23.3 Å². The van der Waals surface area contributed by atoms with Gasteiger partial charge in [-0.1, -0.05) is 6.07 Å². The fraction of sp³-hybridized carbons (Fsp3) is 0.263. The maximum Gasteiger partial charge on any atom is 0.417 e. The van der Waals surface area contributed by atoms with Crippen molar-refractivity contribution in [3.8, 4) is 5.75 Å². The molecule has 3 rings (SSSR count). The number of hydrogen-bond acceptors (Lipinski definition) is 3. The Morgan fingerprint density at radius 3 is 2.56 bits per heavy atom. The number of fused-ring (bicyclic) bond motifs is 1. The van der Waals surface area contributed by atoms with Gasteiger partial charge >= 0.3 is 12.1 Å². The third kappa shape index (κ3) is 3.74. The van der Waals surface area contributed by atoms with E-state index in [-0.39, 0.29) is 0 Å². The third-order valence-electron chi connectivity index (χ3n) is 4.55. The predicted molar refractivity (Wildman–Crippen MR) is 89.9 cm³/mol. The molecule has 1 atom stereocenters. The number of carbonyl (C=O) groups excluding carboxylic acids is 1. The molecule has 1 amide bonds. The number of carbonyl (C=O) groups is 2. The molecular formula is C19H16F3NO4. The van der Waals surface area contributed by atoms with E-state index >= 15 is 0 Å². The lowest BCUT2D eigenvalue weighted by atomic mass is 10.0. The molecule has 2 N–H and O–H groups in total. The smallest absolute Gasteiger partial charge is 0.417 e. The average Bonchev–Trinajstić information content (AvgIpc) is 3.02. The molecule has 0 spiro atoms. The van der Waals surface area contributed by atoms with Crippen molar-refractivity contribution in [2.75, 3.05) is 7.11 Å². The van der Waals surface area contributed by atoms with Crippen LogP contribution in [-0.4, -0.2) is 24.1 Å². The first kappa shape index (κ1) is 18.8. The number of benzene rings is 2. The largest absolute Gasteiger partial charge is 0.497 e. The summed E-state index contributed by atoms with van der Waals surface area (Å²) in [6.07, 6.45) is -3.61. The van der Waals surface area contributed by atoms with Gasteiger partial charge in [0.1, 0.15) is 5.75 Å². The Hall–Kier alpha value is -3.03. The van der Waals surface area contributed by atoms with Crippen LogP contribution in [-0.2, 0) is 12.6 Å². The standard InChI is InChI=1S/C19H16F3NO4/c1-27-12-5-2-10-4-7-16(14(10)9-12)23-17(24)13-6-3-11(18(25)26)8-15(13)19(20,21)22/h2-3,5-6,8-9,16H,4,7H2,1H3,(H,23,24)(H,25,26). The van der Waals surface area contributed by atoms with Crippen LogP contribution in [0.1, 0.15) is 49.9 Å². The third-order valence-corrected chi connectivity index (χ3v) is 4.55. The second-order valence-electron chi connectivity index (χ2n) is 6.19. The summed E-state index contributed by atoms with van der Waals surface area (Å²) in [6.45, 7) is 0. The minimum atomic E-state index is -4.85. The second kappa shape index (κ2) is 6.94. The summed E-state index contributed by atoms with van der Waals surface area (Å²) in [7, 11) is 1.50. The lowest BCUT2D eigenvalue weighted by Gasteiger charge is -2.18. The van der Waals surface area contributed by atoms with Crippen LogP contribution >= 0.6 is 0 Å². The first-order valence-electron chi connectivity index (χ1n) is 8.13. The molecule has 0 aromatic heterocycles. The second-order valence-corrected chi connectivity index (χ2v) is 6.19. The number of hydrogen-bond donors (Lipinski definition) is 2. The van der Waals surface area contributed by atoms with Crippen LogP contribution in [0.2, 0.25) is 0 Å². The normalized spacial score (nSPS) is 15.9. The van der Waals surface area contributed by atoms with Gasteiger partial charge in [0.15, 0.2) is 0 Å². The lowest BCUT2D eigenvalue weighted by Crippen LogP contribution is -2.29. The number of ether oxygens (including phenoxy) is 1. The van der Waals surface area contributed by atoms with Gasteiger partial charge in [-0.15, -0.1) is 0 Å². The van der Waals surface area contributed by atoms with Crippen LogP contribution in [0.4, 0.5) is 13.2 Å². The molecule has 5 nitrogen and oxygen atoms in total. The molecule has 0 heterocycles. The zero-order valence-electron chi connectivity index (χ0n) is 14.3. The number of halogens is 3. The summed E-state index contributed by atoms with van der Waals surface area (Å²) in [5, 5.41) is 11.5. The van der Waals surface area contributed by atoms with Crippen molar-refractivity contribution in [3.05, 3.63) is 64.2 Å². The van der Waals surface area contributed by atoms with Crippen LogP contribution in [0, 0.1) is 0 Å². The highest BCUT2D eigenvalue weighted by Crippen LogP contribution is 2.36. The molecule has 1 unspecified atom stereocenters. The van der Waals surface area contributed by atoms with Gasteiger partial charge in [0.2, 0.25) is 0 Å². The molecule has 0 bridgehead atoms. The highest BCUT2D eigenvalue weighted by atomic mass is 19.4. The minimum absolute atomic E-state index is 0.442. The summed E-state index contributed by atoms with van der Waals surface area (Å²) in [6, 6.07) is 7.32. The number of carboxylic acids is 1. The van der Waals surface area contributed by atoms with Crippen LogP contribution in [0.25, 0.3) is 0 Å². The Bertz CT molecular complexity index is 908. The fourth-order valence-electron chi connectivity index (χ4n) is 3.20. The topological polar surface area (TPSA) is 75.6 Å². The van der Waals surface area contributed by atoms with Gasteiger partial charge in [0, 0.05) is 0 Å². The summed E-state index contributed by atoms with van der Waals surface area (Å²) < 4.78 is 45.1. The molecule has 2 aromatic carbocycles. The number of methoxy groups -OCH3 is 1. The number of nitrogens with one attached hydrogen (secondary N) is 1. The molecule has 1 aliphatic rings. The van der Waals surface area contributed by atoms with E-state index in [2.05, 4.69) is 5.32 Å². The molecule has 0 aliphatic heterocycles. The maximum atomic E-state index is 13.3. The van der Waals surface area contributed by atoms with E-state index in [1.54, 1.807) is 12.1 Å². The maximum absolute atomic E-state index is 13.3. The van der Waals surface area contributed by atoms with Gasteiger partial charge in [0.05, 0.1) is 29.8 Å². The Balaban J connectivity index is 1.91. The van der Waals surface area contributed by atoms with Gasteiger partial charge < -0.3 is 15.2 Å². The van der Waals surface area contributed by atoms with Crippen molar-refractivity contribution in [2.45, 2.75) is 25.1 Å². The summed E-state index contributed by atoms with van der Waals surface area (Å²) in [5.41, 5.74) is -0.612. The van der Waals surface area contributed by atoms with E-state index in [1.165, 1.54) is 7.11 Å². The van der Waals surface area contributed by atoms with Crippen molar-refractivity contribution in [3.63, 3.8) is 0 Å². The van der Waals surface area contributed by atoms with Crippen molar-refractivity contribution < 1.29 is 32.6 Å². The molecule has 142 valence electrons.